The molecule has 126 valence electrons. The molecule has 4 nitrogen and oxygen atoms in total. The third kappa shape index (κ3) is 3.87. The minimum Gasteiger partial charge on any atom is -0.362 e. The predicted molar refractivity (Wildman–Crippen MR) is 97.5 cm³/mol. The highest BCUT2D eigenvalue weighted by Gasteiger charge is 2.27. The standard InChI is InChI=1S/C19H23ClN4/c20-17-12-18(23-19(22-17)15-8-9-15)21-16(13-24-10-4-5-11-24)14-6-2-1-3-7-14/h1-3,6-7,12,15-16H,4-5,8-11,13H2,(H,21,22,23). The van der Waals surface area contributed by atoms with Crippen LogP contribution in [-0.2, 0) is 0 Å². The molecule has 2 aliphatic rings. The van der Waals surface area contributed by atoms with E-state index in [4.69, 9.17) is 16.6 Å². The fourth-order valence-corrected chi connectivity index (χ4v) is 3.54. The van der Waals surface area contributed by atoms with Crippen molar-refractivity contribution in [2.45, 2.75) is 37.6 Å². The Kier molecular flexibility index (Phi) is 4.67. The molecule has 0 radical (unpaired) electrons. The smallest absolute Gasteiger partial charge is 0.135 e. The van der Waals surface area contributed by atoms with Crippen molar-refractivity contribution in [1.82, 2.24) is 14.9 Å². The summed E-state index contributed by atoms with van der Waals surface area (Å²) < 4.78 is 0. The van der Waals surface area contributed by atoms with Crippen LogP contribution in [0.25, 0.3) is 0 Å². The molecule has 1 aliphatic carbocycles. The lowest BCUT2D eigenvalue weighted by atomic mass is 10.1. The SMILES string of the molecule is Clc1cc(NC(CN2CCCC2)c2ccccc2)nc(C2CC2)n1. The minimum atomic E-state index is 0.210. The van der Waals surface area contributed by atoms with Crippen LogP contribution >= 0.6 is 11.6 Å². The van der Waals surface area contributed by atoms with E-state index < -0.39 is 0 Å². The highest BCUT2D eigenvalue weighted by Crippen LogP contribution is 2.39. The number of likely N-dealkylation sites (tertiary alicyclic amines) is 1. The number of anilines is 1. The van der Waals surface area contributed by atoms with Gasteiger partial charge in [0.1, 0.15) is 16.8 Å². The monoisotopic (exact) mass is 342 g/mol. The third-order valence-electron chi connectivity index (χ3n) is 4.82. The van der Waals surface area contributed by atoms with Crippen LogP contribution in [0.2, 0.25) is 5.15 Å². The molecule has 1 aromatic carbocycles. The first kappa shape index (κ1) is 15.9. The minimum absolute atomic E-state index is 0.210. The van der Waals surface area contributed by atoms with Crippen LogP contribution in [0.4, 0.5) is 5.82 Å². The summed E-state index contributed by atoms with van der Waals surface area (Å²) in [7, 11) is 0. The van der Waals surface area contributed by atoms with Gasteiger partial charge in [0.25, 0.3) is 0 Å². The van der Waals surface area contributed by atoms with Crippen molar-refractivity contribution >= 4 is 17.4 Å². The van der Waals surface area contributed by atoms with E-state index in [-0.39, 0.29) is 6.04 Å². The number of rotatable bonds is 6. The van der Waals surface area contributed by atoms with Crippen LogP contribution in [0.15, 0.2) is 36.4 Å². The predicted octanol–water partition coefficient (Wildman–Crippen LogP) is 4.26. The molecule has 1 saturated heterocycles. The zero-order chi connectivity index (χ0) is 16.4. The fraction of sp³-hybridized carbons (Fsp3) is 0.474. The van der Waals surface area contributed by atoms with Crippen molar-refractivity contribution in [2.75, 3.05) is 25.0 Å². The van der Waals surface area contributed by atoms with Crippen LogP contribution in [0, 0.1) is 0 Å². The van der Waals surface area contributed by atoms with Gasteiger partial charge in [-0.2, -0.15) is 0 Å². The summed E-state index contributed by atoms with van der Waals surface area (Å²) in [6, 6.07) is 12.7. The molecule has 1 N–H and O–H groups in total. The Morgan fingerprint density at radius 3 is 2.58 bits per heavy atom. The largest absolute Gasteiger partial charge is 0.362 e. The Balaban J connectivity index is 1.56. The summed E-state index contributed by atoms with van der Waals surface area (Å²) in [5.74, 6) is 2.22. The first-order valence-corrected chi connectivity index (χ1v) is 9.24. The molecule has 0 bridgehead atoms. The average Bonchev–Trinajstić information content (AvgIpc) is 3.32. The average molecular weight is 343 g/mol. The van der Waals surface area contributed by atoms with Crippen molar-refractivity contribution in [2.24, 2.45) is 0 Å². The maximum absolute atomic E-state index is 6.22. The Labute approximate surface area is 148 Å². The molecular formula is C19H23ClN4. The normalized spacial score (nSPS) is 19.4. The Hall–Kier alpha value is -1.65. The van der Waals surface area contributed by atoms with E-state index >= 15 is 0 Å². The zero-order valence-corrected chi connectivity index (χ0v) is 14.5. The summed E-state index contributed by atoms with van der Waals surface area (Å²) in [5.41, 5.74) is 1.28. The molecule has 1 unspecified atom stereocenters. The maximum Gasteiger partial charge on any atom is 0.135 e. The van der Waals surface area contributed by atoms with Crippen molar-refractivity contribution in [3.05, 3.63) is 52.9 Å². The van der Waals surface area contributed by atoms with Gasteiger partial charge in [0, 0.05) is 18.5 Å². The van der Waals surface area contributed by atoms with Crippen molar-refractivity contribution in [3.63, 3.8) is 0 Å². The Morgan fingerprint density at radius 2 is 1.88 bits per heavy atom. The second kappa shape index (κ2) is 7.08. The van der Waals surface area contributed by atoms with E-state index in [2.05, 4.69) is 45.5 Å². The summed E-state index contributed by atoms with van der Waals surface area (Å²) in [6.07, 6.45) is 4.95. The molecule has 0 amide bonds. The molecule has 1 aromatic heterocycles. The van der Waals surface area contributed by atoms with Gasteiger partial charge in [-0.05, 0) is 44.3 Å². The Bertz CT molecular complexity index is 681. The summed E-state index contributed by atoms with van der Waals surface area (Å²) in [4.78, 5) is 11.6. The highest BCUT2D eigenvalue weighted by atomic mass is 35.5. The lowest BCUT2D eigenvalue weighted by Crippen LogP contribution is -2.29. The van der Waals surface area contributed by atoms with Crippen molar-refractivity contribution < 1.29 is 0 Å². The number of hydrogen-bond acceptors (Lipinski definition) is 4. The van der Waals surface area contributed by atoms with Gasteiger partial charge in [-0.25, -0.2) is 9.97 Å². The second-order valence-corrected chi connectivity index (χ2v) is 7.21. The van der Waals surface area contributed by atoms with Gasteiger partial charge in [-0.15, -0.1) is 0 Å². The van der Waals surface area contributed by atoms with E-state index in [1.54, 1.807) is 0 Å². The first-order valence-electron chi connectivity index (χ1n) is 8.86. The Morgan fingerprint density at radius 1 is 1.12 bits per heavy atom. The molecule has 1 saturated carbocycles. The molecule has 0 spiro atoms. The van der Waals surface area contributed by atoms with Crippen LogP contribution in [0.1, 0.15) is 49.0 Å². The summed E-state index contributed by atoms with van der Waals surface area (Å²) >= 11 is 6.22. The van der Waals surface area contributed by atoms with E-state index in [0.717, 1.165) is 18.2 Å². The quantitative estimate of drug-likeness (QED) is 0.796. The van der Waals surface area contributed by atoms with Gasteiger partial charge < -0.3 is 10.2 Å². The number of aromatic nitrogens is 2. The molecule has 1 aliphatic heterocycles. The van der Waals surface area contributed by atoms with Crippen LogP contribution < -0.4 is 5.32 Å². The lowest BCUT2D eigenvalue weighted by molar-refractivity contribution is 0.323. The zero-order valence-electron chi connectivity index (χ0n) is 13.8. The van der Waals surface area contributed by atoms with Crippen LogP contribution in [0.5, 0.6) is 0 Å². The third-order valence-corrected chi connectivity index (χ3v) is 5.01. The number of nitrogens with one attached hydrogen (secondary N) is 1. The number of benzene rings is 1. The molecule has 5 heteroatoms. The summed E-state index contributed by atoms with van der Waals surface area (Å²) in [5, 5.41) is 4.14. The molecular weight excluding hydrogens is 320 g/mol. The van der Waals surface area contributed by atoms with Gasteiger partial charge >= 0.3 is 0 Å². The molecule has 4 rings (SSSR count). The van der Waals surface area contributed by atoms with Crippen molar-refractivity contribution in [1.29, 1.82) is 0 Å². The van der Waals surface area contributed by atoms with E-state index in [9.17, 15) is 0 Å². The summed E-state index contributed by atoms with van der Waals surface area (Å²) in [6.45, 7) is 3.36. The van der Waals surface area contributed by atoms with Gasteiger partial charge in [0.2, 0.25) is 0 Å². The van der Waals surface area contributed by atoms with Gasteiger partial charge in [-0.1, -0.05) is 41.9 Å². The van der Waals surface area contributed by atoms with E-state index in [0.29, 0.717) is 11.1 Å². The molecule has 24 heavy (non-hydrogen) atoms. The molecule has 2 heterocycles. The van der Waals surface area contributed by atoms with E-state index in [1.807, 2.05) is 6.07 Å². The number of halogens is 1. The van der Waals surface area contributed by atoms with Gasteiger partial charge in [0.15, 0.2) is 0 Å². The van der Waals surface area contributed by atoms with Crippen LogP contribution in [-0.4, -0.2) is 34.5 Å². The van der Waals surface area contributed by atoms with Crippen molar-refractivity contribution in [3.8, 4) is 0 Å². The number of nitrogens with zero attached hydrogens (tertiary/aromatic N) is 3. The van der Waals surface area contributed by atoms with Crippen LogP contribution in [0.3, 0.4) is 0 Å². The molecule has 1 atom stereocenters. The molecule has 2 fully saturated rings. The number of hydrogen-bond donors (Lipinski definition) is 1. The molecule has 2 aromatic rings. The van der Waals surface area contributed by atoms with Gasteiger partial charge in [-0.3, -0.25) is 0 Å². The fourth-order valence-electron chi connectivity index (χ4n) is 3.35. The van der Waals surface area contributed by atoms with Gasteiger partial charge in [0.05, 0.1) is 6.04 Å². The second-order valence-electron chi connectivity index (χ2n) is 6.82. The maximum atomic E-state index is 6.22. The highest BCUT2D eigenvalue weighted by molar-refractivity contribution is 6.29. The lowest BCUT2D eigenvalue weighted by Gasteiger charge is -2.25. The topological polar surface area (TPSA) is 41.0 Å². The van der Waals surface area contributed by atoms with E-state index in [1.165, 1.54) is 44.3 Å². The first-order chi connectivity index (χ1) is 11.8.